The molecule has 0 saturated heterocycles. The Morgan fingerprint density at radius 3 is 1.44 bits per heavy atom. The van der Waals surface area contributed by atoms with E-state index in [1.807, 2.05) is 0 Å². The number of carboxylic acid groups (broad SMARTS) is 1. The highest BCUT2D eigenvalue weighted by atomic mass is 19.4. The lowest BCUT2D eigenvalue weighted by Crippen LogP contribution is -2.23. The zero-order chi connectivity index (χ0) is 32.2. The zero-order valence-electron chi connectivity index (χ0n) is 22.2. The van der Waals surface area contributed by atoms with Crippen molar-refractivity contribution < 1.29 is 41.0 Å². The molecule has 0 aliphatic rings. The van der Waals surface area contributed by atoms with Crippen molar-refractivity contribution in [1.29, 1.82) is 0 Å². The number of nitrogens with zero attached hydrogens (tertiary/aromatic N) is 2. The fourth-order valence-electron chi connectivity index (χ4n) is 2.95. The molecule has 2 aromatic heterocycles. The van der Waals surface area contributed by atoms with E-state index in [0.717, 1.165) is 24.5 Å². The van der Waals surface area contributed by atoms with Crippen LogP contribution in [0.3, 0.4) is 0 Å². The molecule has 228 valence electrons. The molecule has 1 amide bonds. The van der Waals surface area contributed by atoms with Crippen LogP contribution in [-0.4, -0.2) is 27.0 Å². The van der Waals surface area contributed by atoms with Crippen LogP contribution in [0.15, 0.2) is 85.2 Å². The Morgan fingerprint density at radius 1 is 0.674 bits per heavy atom. The maximum absolute atomic E-state index is 12.3. The molecule has 2 aromatic carbocycles. The number of hydrogen-bond donors (Lipinski definition) is 5. The molecule has 0 aliphatic heterocycles. The van der Waals surface area contributed by atoms with Crippen LogP contribution >= 0.6 is 0 Å². The number of benzene rings is 2. The summed E-state index contributed by atoms with van der Waals surface area (Å²) in [5.74, 6) is -1.27. The van der Waals surface area contributed by atoms with Crippen LogP contribution in [0, 0.1) is 0 Å². The summed E-state index contributed by atoms with van der Waals surface area (Å²) >= 11 is 0. The standard InChI is InChI=1S/C14H12F3N3O.C7H7F3N2.C7H7NO2/c15-14(16,17)12-6-1-9(7-19-12)8-20-13(21)10-2-4-11(18)5-3-10;8-7(9,10)6-2-1-5(3-11)4-12-6;8-6-3-1-5(2-4-6)7(9)10/h1-7H,8,18H2,(H,20,21);1-2,4H,3,11H2;1-4H,8H2,(H,9,10). The monoisotopic (exact) mass is 608 g/mol. The maximum Gasteiger partial charge on any atom is 0.433 e. The van der Waals surface area contributed by atoms with Gasteiger partial charge in [0.05, 0.1) is 5.56 Å². The maximum atomic E-state index is 12.3. The summed E-state index contributed by atoms with van der Waals surface area (Å²) in [6.45, 7) is 0.291. The zero-order valence-corrected chi connectivity index (χ0v) is 22.2. The van der Waals surface area contributed by atoms with E-state index in [-0.39, 0.29) is 24.6 Å². The Hall–Kier alpha value is -5.18. The molecular weight excluding hydrogens is 582 g/mol. The van der Waals surface area contributed by atoms with Gasteiger partial charge in [0.2, 0.25) is 0 Å². The highest BCUT2D eigenvalue weighted by molar-refractivity contribution is 5.94. The summed E-state index contributed by atoms with van der Waals surface area (Å²) in [6, 6.07) is 16.8. The number of aromatic nitrogens is 2. The molecule has 2 heterocycles. The molecule has 43 heavy (non-hydrogen) atoms. The lowest BCUT2D eigenvalue weighted by molar-refractivity contribution is -0.142. The quantitative estimate of drug-likeness (QED) is 0.153. The summed E-state index contributed by atoms with van der Waals surface area (Å²) in [7, 11) is 0. The fraction of sp³-hybridized carbons (Fsp3) is 0.143. The van der Waals surface area contributed by atoms with E-state index in [0.29, 0.717) is 28.1 Å². The molecule has 0 saturated carbocycles. The number of nitrogen functional groups attached to an aromatic ring is 2. The number of carbonyl (C=O) groups is 2. The third-order valence-corrected chi connectivity index (χ3v) is 5.25. The molecule has 0 unspecified atom stereocenters. The number of pyridine rings is 2. The SMILES string of the molecule is NCc1ccc(C(F)(F)F)nc1.Nc1ccc(C(=O)NCc2ccc(C(F)(F)F)nc2)cc1.Nc1ccc(C(=O)O)cc1. The molecule has 0 bridgehead atoms. The van der Waals surface area contributed by atoms with Gasteiger partial charge in [0.25, 0.3) is 5.91 Å². The van der Waals surface area contributed by atoms with Crippen molar-refractivity contribution in [1.82, 2.24) is 15.3 Å². The molecular formula is C28H26F6N6O3. The largest absolute Gasteiger partial charge is 0.478 e. The van der Waals surface area contributed by atoms with Gasteiger partial charge in [-0.1, -0.05) is 12.1 Å². The van der Waals surface area contributed by atoms with E-state index in [9.17, 15) is 35.9 Å². The third kappa shape index (κ3) is 11.7. The van der Waals surface area contributed by atoms with Gasteiger partial charge >= 0.3 is 18.3 Å². The van der Waals surface area contributed by atoms with Crippen molar-refractivity contribution in [3.05, 3.63) is 119 Å². The number of anilines is 2. The van der Waals surface area contributed by atoms with Gasteiger partial charge in [-0.2, -0.15) is 26.3 Å². The number of aromatic carboxylic acids is 1. The predicted molar refractivity (Wildman–Crippen MR) is 146 cm³/mol. The molecule has 0 aliphatic carbocycles. The lowest BCUT2D eigenvalue weighted by Gasteiger charge is -2.08. The number of nitrogens with one attached hydrogen (secondary N) is 1. The van der Waals surface area contributed by atoms with Gasteiger partial charge in [-0.3, -0.25) is 14.8 Å². The lowest BCUT2D eigenvalue weighted by atomic mass is 10.2. The van der Waals surface area contributed by atoms with Crippen LogP contribution in [0.2, 0.25) is 0 Å². The minimum absolute atomic E-state index is 0.0916. The number of nitrogens with two attached hydrogens (primary N) is 3. The Morgan fingerprint density at radius 2 is 1.09 bits per heavy atom. The fourth-order valence-corrected chi connectivity index (χ4v) is 2.95. The van der Waals surface area contributed by atoms with Crippen LogP contribution in [-0.2, 0) is 25.4 Å². The van der Waals surface area contributed by atoms with Gasteiger partial charge in [0.15, 0.2) is 0 Å². The molecule has 4 rings (SSSR count). The van der Waals surface area contributed by atoms with Crippen LogP contribution in [0.4, 0.5) is 37.7 Å². The number of amides is 1. The van der Waals surface area contributed by atoms with Crippen LogP contribution < -0.4 is 22.5 Å². The summed E-state index contributed by atoms with van der Waals surface area (Å²) in [4.78, 5) is 28.6. The summed E-state index contributed by atoms with van der Waals surface area (Å²) in [5.41, 5.74) is 17.0. The van der Waals surface area contributed by atoms with Crippen molar-refractivity contribution in [3.8, 4) is 0 Å². The van der Waals surface area contributed by atoms with E-state index in [4.69, 9.17) is 22.3 Å². The molecule has 0 atom stereocenters. The predicted octanol–water partition coefficient (Wildman–Crippen LogP) is 5.14. The minimum atomic E-state index is -4.47. The number of hydrogen-bond acceptors (Lipinski definition) is 7. The molecule has 0 spiro atoms. The molecule has 0 fully saturated rings. The van der Waals surface area contributed by atoms with Crippen LogP contribution in [0.5, 0.6) is 0 Å². The van der Waals surface area contributed by atoms with Crippen molar-refractivity contribution in [2.75, 3.05) is 11.5 Å². The highest BCUT2D eigenvalue weighted by Gasteiger charge is 2.32. The number of halogens is 6. The van der Waals surface area contributed by atoms with Gasteiger partial charge in [0, 0.05) is 42.4 Å². The number of alkyl halides is 6. The second-order valence-corrected chi connectivity index (χ2v) is 8.53. The van der Waals surface area contributed by atoms with Gasteiger partial charge in [-0.05, 0) is 71.8 Å². The second-order valence-electron chi connectivity index (χ2n) is 8.53. The topological polar surface area (TPSA) is 170 Å². The van der Waals surface area contributed by atoms with Crippen molar-refractivity contribution >= 4 is 23.3 Å². The Balaban J connectivity index is 0.000000248. The van der Waals surface area contributed by atoms with E-state index in [1.165, 1.54) is 24.3 Å². The van der Waals surface area contributed by atoms with Crippen molar-refractivity contribution in [2.24, 2.45) is 5.73 Å². The van der Waals surface area contributed by atoms with Gasteiger partial charge in [-0.15, -0.1) is 0 Å². The first-order valence-electron chi connectivity index (χ1n) is 12.1. The van der Waals surface area contributed by atoms with Crippen LogP contribution in [0.25, 0.3) is 0 Å². The van der Waals surface area contributed by atoms with Gasteiger partial charge < -0.3 is 27.6 Å². The average Bonchev–Trinajstić information content (AvgIpc) is 2.96. The number of rotatable bonds is 5. The molecule has 15 heteroatoms. The second kappa shape index (κ2) is 15.2. The number of carbonyl (C=O) groups excluding carboxylic acids is 1. The molecule has 4 aromatic rings. The first-order chi connectivity index (χ1) is 20.1. The molecule has 9 nitrogen and oxygen atoms in total. The highest BCUT2D eigenvalue weighted by Crippen LogP contribution is 2.28. The van der Waals surface area contributed by atoms with E-state index in [2.05, 4.69) is 15.3 Å². The normalized spacial score (nSPS) is 10.9. The first-order valence-corrected chi connectivity index (χ1v) is 12.1. The Kier molecular flexibility index (Phi) is 12.0. The smallest absolute Gasteiger partial charge is 0.433 e. The van der Waals surface area contributed by atoms with E-state index in [1.54, 1.807) is 36.4 Å². The van der Waals surface area contributed by atoms with Gasteiger partial charge in [0.1, 0.15) is 11.4 Å². The van der Waals surface area contributed by atoms with E-state index < -0.39 is 29.7 Å². The third-order valence-electron chi connectivity index (χ3n) is 5.25. The molecule has 8 N–H and O–H groups in total. The molecule has 0 radical (unpaired) electrons. The van der Waals surface area contributed by atoms with Crippen molar-refractivity contribution in [2.45, 2.75) is 25.4 Å². The summed E-state index contributed by atoms with van der Waals surface area (Å²) < 4.78 is 72.8. The minimum Gasteiger partial charge on any atom is -0.478 e. The number of carboxylic acids is 1. The Bertz CT molecular complexity index is 1460. The average molecular weight is 609 g/mol. The van der Waals surface area contributed by atoms with Crippen molar-refractivity contribution in [3.63, 3.8) is 0 Å². The summed E-state index contributed by atoms with van der Waals surface area (Å²) in [6.07, 6.45) is -6.62. The van der Waals surface area contributed by atoms with Crippen LogP contribution in [0.1, 0.15) is 43.2 Å². The Labute approximate surface area is 241 Å². The van der Waals surface area contributed by atoms with Gasteiger partial charge in [-0.25, -0.2) is 4.79 Å². The summed E-state index contributed by atoms with van der Waals surface area (Å²) in [5, 5.41) is 11.0. The van der Waals surface area contributed by atoms with E-state index >= 15 is 0 Å². The first kappa shape index (κ1) is 34.0.